The van der Waals surface area contributed by atoms with E-state index in [9.17, 15) is 0 Å². The summed E-state index contributed by atoms with van der Waals surface area (Å²) in [6.45, 7) is 9.83. The second-order valence-corrected chi connectivity index (χ2v) is 6.12. The van der Waals surface area contributed by atoms with Crippen LogP contribution >= 0.6 is 11.8 Å². The van der Waals surface area contributed by atoms with Gasteiger partial charge in [0.15, 0.2) is 0 Å². The molecule has 0 aliphatic rings. The van der Waals surface area contributed by atoms with Gasteiger partial charge in [0, 0.05) is 23.9 Å². The van der Waals surface area contributed by atoms with E-state index in [4.69, 9.17) is 5.73 Å². The molecule has 0 aromatic rings. The number of hydrogen-bond acceptors (Lipinski definition) is 3. The van der Waals surface area contributed by atoms with Crippen molar-refractivity contribution in [3.8, 4) is 0 Å². The second-order valence-electron chi connectivity index (χ2n) is 5.21. The minimum absolute atomic E-state index is 0.142. The summed E-state index contributed by atoms with van der Waals surface area (Å²) in [5.41, 5.74) is 6.08. The van der Waals surface area contributed by atoms with Gasteiger partial charge in [-0.2, -0.15) is 11.8 Å². The third-order valence-corrected chi connectivity index (χ3v) is 4.02. The Kier molecular flexibility index (Phi) is 6.89. The second kappa shape index (κ2) is 6.77. The van der Waals surface area contributed by atoms with E-state index in [-0.39, 0.29) is 5.54 Å². The first kappa shape index (κ1) is 15.3. The Bertz CT molecular complexity index is 173. The van der Waals surface area contributed by atoms with Crippen molar-refractivity contribution < 1.29 is 0 Å². The molecule has 92 valence electrons. The van der Waals surface area contributed by atoms with Gasteiger partial charge in [0.25, 0.3) is 0 Å². The van der Waals surface area contributed by atoms with Gasteiger partial charge in [-0.1, -0.05) is 13.8 Å². The Morgan fingerprint density at radius 2 is 1.87 bits per heavy atom. The number of nitrogens with zero attached hydrogens (tertiary/aromatic N) is 1. The summed E-state index contributed by atoms with van der Waals surface area (Å²) < 4.78 is 0. The molecule has 0 aromatic carbocycles. The van der Waals surface area contributed by atoms with Crippen LogP contribution in [0.4, 0.5) is 0 Å². The maximum Gasteiger partial charge on any atom is 0.0306 e. The van der Waals surface area contributed by atoms with Crippen molar-refractivity contribution in [1.82, 2.24) is 4.90 Å². The van der Waals surface area contributed by atoms with Gasteiger partial charge in [-0.15, -0.1) is 0 Å². The summed E-state index contributed by atoms with van der Waals surface area (Å²) in [6, 6.07) is 0.590. The lowest BCUT2D eigenvalue weighted by Gasteiger charge is -2.43. The monoisotopic (exact) mass is 232 g/mol. The summed E-state index contributed by atoms with van der Waals surface area (Å²) in [4.78, 5) is 2.45. The molecule has 3 heteroatoms. The van der Waals surface area contributed by atoms with Crippen LogP contribution in [0.1, 0.15) is 34.1 Å². The fourth-order valence-corrected chi connectivity index (χ4v) is 2.84. The highest BCUT2D eigenvalue weighted by molar-refractivity contribution is 7.98. The van der Waals surface area contributed by atoms with Crippen molar-refractivity contribution in [3.63, 3.8) is 0 Å². The van der Waals surface area contributed by atoms with Crippen LogP contribution in [0.2, 0.25) is 0 Å². The molecule has 0 bridgehead atoms. The first-order valence-electron chi connectivity index (χ1n) is 5.79. The average molecular weight is 232 g/mol. The van der Waals surface area contributed by atoms with E-state index in [2.05, 4.69) is 45.9 Å². The molecule has 2 nitrogen and oxygen atoms in total. The molecular formula is C12H28N2S. The topological polar surface area (TPSA) is 29.3 Å². The van der Waals surface area contributed by atoms with E-state index in [1.165, 1.54) is 12.2 Å². The highest BCUT2D eigenvalue weighted by Gasteiger charge is 2.31. The van der Waals surface area contributed by atoms with Crippen LogP contribution in [-0.2, 0) is 0 Å². The summed E-state index contributed by atoms with van der Waals surface area (Å²) in [6.07, 6.45) is 3.32. The lowest BCUT2D eigenvalue weighted by atomic mass is 9.88. The fourth-order valence-electron chi connectivity index (χ4n) is 2.14. The van der Waals surface area contributed by atoms with Gasteiger partial charge in [-0.05, 0) is 39.5 Å². The van der Waals surface area contributed by atoms with Gasteiger partial charge in [0.2, 0.25) is 0 Å². The Balaban J connectivity index is 4.48. The number of thioether (sulfide) groups is 1. The maximum atomic E-state index is 5.94. The third-order valence-electron chi connectivity index (χ3n) is 3.21. The fraction of sp³-hybridized carbons (Fsp3) is 1.00. The van der Waals surface area contributed by atoms with E-state index in [1.807, 2.05) is 11.8 Å². The quantitative estimate of drug-likeness (QED) is 0.731. The van der Waals surface area contributed by atoms with Crippen LogP contribution in [0.15, 0.2) is 0 Å². The van der Waals surface area contributed by atoms with Crippen molar-refractivity contribution in [2.75, 3.05) is 25.6 Å². The predicted molar refractivity (Wildman–Crippen MR) is 72.5 cm³/mol. The van der Waals surface area contributed by atoms with Gasteiger partial charge in [-0.3, -0.25) is 4.90 Å². The highest BCUT2D eigenvalue weighted by atomic mass is 32.2. The highest BCUT2D eigenvalue weighted by Crippen LogP contribution is 2.24. The average Bonchev–Trinajstić information content (AvgIpc) is 2.15. The number of nitrogens with two attached hydrogens (primary N) is 1. The molecule has 0 fully saturated rings. The summed E-state index contributed by atoms with van der Waals surface area (Å²) in [5.74, 6) is 1.87. The van der Waals surface area contributed by atoms with Crippen LogP contribution in [0, 0.1) is 5.92 Å². The molecule has 0 amide bonds. The Labute approximate surface area is 100.0 Å². The van der Waals surface area contributed by atoms with E-state index in [0.29, 0.717) is 12.0 Å². The molecule has 0 saturated heterocycles. The summed E-state index contributed by atoms with van der Waals surface area (Å²) >= 11 is 1.90. The molecule has 0 spiro atoms. The largest absolute Gasteiger partial charge is 0.329 e. The molecule has 0 saturated carbocycles. The molecule has 0 aliphatic carbocycles. The minimum atomic E-state index is 0.142. The summed E-state index contributed by atoms with van der Waals surface area (Å²) in [7, 11) is 2.20. The molecule has 0 rings (SSSR count). The third kappa shape index (κ3) is 4.75. The Hall–Kier alpha value is 0.270. The molecule has 2 atom stereocenters. The lowest BCUT2D eigenvalue weighted by molar-refractivity contribution is 0.0897. The zero-order valence-corrected chi connectivity index (χ0v) is 12.0. The Morgan fingerprint density at radius 1 is 1.33 bits per heavy atom. The van der Waals surface area contributed by atoms with Crippen molar-refractivity contribution in [2.24, 2.45) is 11.7 Å². The smallest absolute Gasteiger partial charge is 0.0306 e. The van der Waals surface area contributed by atoms with E-state index < -0.39 is 0 Å². The summed E-state index contributed by atoms with van der Waals surface area (Å²) in [5, 5.41) is 0. The van der Waals surface area contributed by atoms with E-state index in [1.54, 1.807) is 0 Å². The number of rotatable bonds is 7. The van der Waals surface area contributed by atoms with Gasteiger partial charge < -0.3 is 5.73 Å². The Morgan fingerprint density at radius 3 is 2.20 bits per heavy atom. The lowest BCUT2D eigenvalue weighted by Crippen LogP contribution is -2.54. The van der Waals surface area contributed by atoms with Gasteiger partial charge in [0.05, 0.1) is 0 Å². The van der Waals surface area contributed by atoms with Crippen LogP contribution in [-0.4, -0.2) is 42.1 Å². The molecule has 0 aliphatic heterocycles. The zero-order chi connectivity index (χ0) is 12.1. The van der Waals surface area contributed by atoms with Crippen molar-refractivity contribution in [3.05, 3.63) is 0 Å². The predicted octanol–water partition coefficient (Wildman–Crippen LogP) is 2.43. The molecule has 0 radical (unpaired) electrons. The first-order valence-corrected chi connectivity index (χ1v) is 7.18. The van der Waals surface area contributed by atoms with E-state index in [0.717, 1.165) is 6.54 Å². The van der Waals surface area contributed by atoms with Crippen LogP contribution in [0.3, 0.4) is 0 Å². The zero-order valence-electron chi connectivity index (χ0n) is 11.2. The van der Waals surface area contributed by atoms with Crippen molar-refractivity contribution in [2.45, 2.75) is 45.7 Å². The van der Waals surface area contributed by atoms with Gasteiger partial charge in [-0.25, -0.2) is 0 Å². The van der Waals surface area contributed by atoms with Crippen LogP contribution in [0.25, 0.3) is 0 Å². The van der Waals surface area contributed by atoms with Crippen LogP contribution < -0.4 is 5.73 Å². The molecule has 2 N–H and O–H groups in total. The SMILES string of the molecule is CSCC(C)N(C)C(C)(CN)CC(C)C. The number of likely N-dealkylation sites (N-methyl/N-ethyl adjacent to an activating group) is 1. The van der Waals surface area contributed by atoms with Crippen molar-refractivity contribution in [1.29, 1.82) is 0 Å². The normalized spacial score (nSPS) is 18.2. The maximum absolute atomic E-state index is 5.94. The van der Waals surface area contributed by atoms with E-state index >= 15 is 0 Å². The van der Waals surface area contributed by atoms with Crippen LogP contribution in [0.5, 0.6) is 0 Å². The first-order chi connectivity index (χ1) is 6.87. The van der Waals surface area contributed by atoms with Gasteiger partial charge >= 0.3 is 0 Å². The molecule has 2 unspecified atom stereocenters. The molecule has 0 heterocycles. The minimum Gasteiger partial charge on any atom is -0.329 e. The van der Waals surface area contributed by atoms with Crippen molar-refractivity contribution >= 4 is 11.8 Å². The standard InChI is InChI=1S/C12H28N2S/c1-10(2)7-12(4,9-13)14(5)11(3)8-15-6/h10-11H,7-9,13H2,1-6H3. The molecule has 0 aromatic heterocycles. The molecular weight excluding hydrogens is 204 g/mol. The van der Waals surface area contributed by atoms with Gasteiger partial charge in [0.1, 0.15) is 0 Å². The number of hydrogen-bond donors (Lipinski definition) is 1. The molecule has 15 heavy (non-hydrogen) atoms.